The van der Waals surface area contributed by atoms with E-state index in [4.69, 9.17) is 4.74 Å². The van der Waals surface area contributed by atoms with Gasteiger partial charge in [-0.3, -0.25) is 0 Å². The molecule has 14 heavy (non-hydrogen) atoms. The fraction of sp³-hybridized carbons (Fsp3) is 0.833. The van der Waals surface area contributed by atoms with Gasteiger partial charge in [-0.2, -0.15) is 0 Å². The summed E-state index contributed by atoms with van der Waals surface area (Å²) in [5, 5.41) is 10.1. The lowest BCUT2D eigenvalue weighted by Crippen LogP contribution is -2.37. The van der Waals surface area contributed by atoms with Gasteiger partial charge < -0.3 is 9.84 Å². The fourth-order valence-electron chi connectivity index (χ4n) is 2.56. The average molecular weight is 196 g/mol. The van der Waals surface area contributed by atoms with Gasteiger partial charge in [0.2, 0.25) is 0 Å². The van der Waals surface area contributed by atoms with E-state index in [0.29, 0.717) is 18.4 Å². The van der Waals surface area contributed by atoms with Gasteiger partial charge in [-0.15, -0.1) is 0 Å². The van der Waals surface area contributed by atoms with Crippen LogP contribution >= 0.6 is 0 Å². The van der Waals surface area contributed by atoms with Crippen LogP contribution in [0.15, 0.2) is 12.2 Å². The number of hydrogen-bond acceptors (Lipinski definition) is 2. The van der Waals surface area contributed by atoms with Gasteiger partial charge in [-0.25, -0.2) is 0 Å². The van der Waals surface area contributed by atoms with Crippen molar-refractivity contribution in [2.24, 2.45) is 11.8 Å². The monoisotopic (exact) mass is 196 g/mol. The van der Waals surface area contributed by atoms with Crippen molar-refractivity contribution in [2.75, 3.05) is 6.61 Å². The Balaban J connectivity index is 2.05. The molecule has 2 aliphatic rings. The second-order valence-electron chi connectivity index (χ2n) is 5.05. The Hall–Kier alpha value is -0.340. The molecule has 1 fully saturated rings. The van der Waals surface area contributed by atoms with Crippen molar-refractivity contribution in [1.29, 1.82) is 0 Å². The topological polar surface area (TPSA) is 29.5 Å². The number of ether oxygens (including phenoxy) is 1. The minimum atomic E-state index is -0.351. The summed E-state index contributed by atoms with van der Waals surface area (Å²) in [5.74, 6) is 0.835. The van der Waals surface area contributed by atoms with Gasteiger partial charge in [-0.1, -0.05) is 12.2 Å². The second-order valence-corrected chi connectivity index (χ2v) is 5.05. The number of allylic oxidation sites excluding steroid dienone is 2. The molecule has 80 valence electrons. The Morgan fingerprint density at radius 3 is 2.71 bits per heavy atom. The summed E-state index contributed by atoms with van der Waals surface area (Å²) in [6.45, 7) is 4.66. The van der Waals surface area contributed by atoms with Gasteiger partial charge in [0.05, 0.1) is 18.3 Å². The van der Waals surface area contributed by atoms with Gasteiger partial charge in [0.1, 0.15) is 0 Å². The molecular formula is C12H20O2. The zero-order valence-electron chi connectivity index (χ0n) is 9.07. The minimum Gasteiger partial charge on any atom is -0.390 e. The van der Waals surface area contributed by atoms with Crippen molar-refractivity contribution in [3.05, 3.63) is 12.2 Å². The molecule has 0 aromatic rings. The van der Waals surface area contributed by atoms with E-state index in [0.717, 1.165) is 0 Å². The molecule has 0 aromatic carbocycles. The predicted octanol–water partition coefficient (Wildman–Crippen LogP) is 2.13. The molecule has 0 spiro atoms. The van der Waals surface area contributed by atoms with Crippen LogP contribution in [-0.4, -0.2) is 23.4 Å². The van der Waals surface area contributed by atoms with E-state index in [1.807, 2.05) is 13.8 Å². The first kappa shape index (κ1) is 10.2. The van der Waals surface area contributed by atoms with Gasteiger partial charge in [0.15, 0.2) is 0 Å². The smallest absolute Gasteiger partial charge is 0.0888 e. The van der Waals surface area contributed by atoms with E-state index >= 15 is 0 Å². The van der Waals surface area contributed by atoms with Crippen LogP contribution in [0.4, 0.5) is 0 Å². The lowest BCUT2D eigenvalue weighted by molar-refractivity contribution is -0.0324. The SMILES string of the molecule is CC1(C)OCC(C2C=CCCC2)C1O. The average Bonchev–Trinajstić information content (AvgIpc) is 2.44. The molecule has 0 bridgehead atoms. The lowest BCUT2D eigenvalue weighted by Gasteiger charge is -2.28. The highest BCUT2D eigenvalue weighted by Gasteiger charge is 2.44. The van der Waals surface area contributed by atoms with E-state index < -0.39 is 0 Å². The van der Waals surface area contributed by atoms with E-state index in [-0.39, 0.29) is 11.7 Å². The van der Waals surface area contributed by atoms with E-state index in [1.54, 1.807) is 0 Å². The molecule has 1 aliphatic heterocycles. The van der Waals surface area contributed by atoms with Gasteiger partial charge >= 0.3 is 0 Å². The van der Waals surface area contributed by atoms with Crippen molar-refractivity contribution in [3.8, 4) is 0 Å². The maximum absolute atomic E-state index is 10.1. The van der Waals surface area contributed by atoms with Crippen LogP contribution in [0.2, 0.25) is 0 Å². The molecule has 0 saturated carbocycles. The van der Waals surface area contributed by atoms with Crippen LogP contribution in [0.1, 0.15) is 33.1 Å². The highest BCUT2D eigenvalue weighted by molar-refractivity contribution is 5.02. The highest BCUT2D eigenvalue weighted by atomic mass is 16.5. The molecule has 0 amide bonds. The van der Waals surface area contributed by atoms with Gasteiger partial charge in [0, 0.05) is 5.92 Å². The normalized spacial score (nSPS) is 41.5. The van der Waals surface area contributed by atoms with E-state index in [2.05, 4.69) is 12.2 Å². The molecule has 2 nitrogen and oxygen atoms in total. The molecule has 3 atom stereocenters. The summed E-state index contributed by atoms with van der Waals surface area (Å²) in [5.41, 5.74) is -0.351. The zero-order chi connectivity index (χ0) is 10.2. The first-order chi connectivity index (χ1) is 6.61. The van der Waals surface area contributed by atoms with Crippen LogP contribution in [0.5, 0.6) is 0 Å². The Morgan fingerprint density at radius 1 is 1.43 bits per heavy atom. The number of aliphatic hydroxyl groups is 1. The minimum absolute atomic E-state index is 0.307. The summed E-state index contributed by atoms with van der Waals surface area (Å²) in [7, 11) is 0. The fourth-order valence-corrected chi connectivity index (χ4v) is 2.56. The molecule has 1 saturated heterocycles. The molecule has 1 N–H and O–H groups in total. The van der Waals surface area contributed by atoms with Crippen LogP contribution in [-0.2, 0) is 4.74 Å². The summed E-state index contributed by atoms with van der Waals surface area (Å²) < 4.78 is 5.63. The Kier molecular flexibility index (Phi) is 2.67. The van der Waals surface area contributed by atoms with Crippen molar-refractivity contribution in [1.82, 2.24) is 0 Å². The molecule has 1 aliphatic carbocycles. The quantitative estimate of drug-likeness (QED) is 0.651. The van der Waals surface area contributed by atoms with Crippen LogP contribution in [0, 0.1) is 11.8 Å². The van der Waals surface area contributed by atoms with Crippen LogP contribution in [0.3, 0.4) is 0 Å². The maximum atomic E-state index is 10.1. The number of aliphatic hydroxyl groups excluding tert-OH is 1. The first-order valence-corrected chi connectivity index (χ1v) is 5.60. The number of hydrogen-bond donors (Lipinski definition) is 1. The van der Waals surface area contributed by atoms with Gasteiger partial charge in [-0.05, 0) is 39.0 Å². The first-order valence-electron chi connectivity index (χ1n) is 5.60. The summed E-state index contributed by atoms with van der Waals surface area (Å²) in [4.78, 5) is 0. The van der Waals surface area contributed by atoms with Crippen molar-refractivity contribution in [2.45, 2.75) is 44.8 Å². The molecule has 1 heterocycles. The highest BCUT2D eigenvalue weighted by Crippen LogP contribution is 2.37. The largest absolute Gasteiger partial charge is 0.390 e. The lowest BCUT2D eigenvalue weighted by atomic mass is 9.79. The summed E-state index contributed by atoms with van der Waals surface area (Å²) in [6.07, 6.45) is 7.86. The molecular weight excluding hydrogens is 176 g/mol. The van der Waals surface area contributed by atoms with Crippen molar-refractivity contribution < 1.29 is 9.84 Å². The predicted molar refractivity (Wildman–Crippen MR) is 56.0 cm³/mol. The summed E-state index contributed by atoms with van der Waals surface area (Å²) >= 11 is 0. The second kappa shape index (κ2) is 3.67. The third kappa shape index (κ3) is 1.73. The Bertz CT molecular complexity index is 232. The molecule has 2 heteroatoms. The molecule has 0 radical (unpaired) electrons. The summed E-state index contributed by atoms with van der Waals surface area (Å²) in [6, 6.07) is 0. The number of rotatable bonds is 1. The molecule has 2 rings (SSSR count). The zero-order valence-corrected chi connectivity index (χ0v) is 9.07. The van der Waals surface area contributed by atoms with Gasteiger partial charge in [0.25, 0.3) is 0 Å². The Morgan fingerprint density at radius 2 is 2.21 bits per heavy atom. The standard InChI is InChI=1S/C12H20O2/c1-12(2)11(13)10(8-14-12)9-6-4-3-5-7-9/h4,6,9-11,13H,3,5,7-8H2,1-2H3. The van der Waals surface area contributed by atoms with Crippen molar-refractivity contribution >= 4 is 0 Å². The van der Waals surface area contributed by atoms with E-state index in [1.165, 1.54) is 19.3 Å². The Labute approximate surface area is 86.0 Å². The molecule has 3 unspecified atom stereocenters. The van der Waals surface area contributed by atoms with E-state index in [9.17, 15) is 5.11 Å². The third-order valence-corrected chi connectivity index (χ3v) is 3.61. The third-order valence-electron chi connectivity index (χ3n) is 3.61. The van der Waals surface area contributed by atoms with Crippen LogP contribution in [0.25, 0.3) is 0 Å². The van der Waals surface area contributed by atoms with Crippen molar-refractivity contribution in [3.63, 3.8) is 0 Å². The van der Waals surface area contributed by atoms with Crippen LogP contribution < -0.4 is 0 Å². The molecule has 0 aromatic heterocycles. The maximum Gasteiger partial charge on any atom is 0.0888 e.